The molecule has 386 valence electrons. The fraction of sp³-hybridized carbons (Fsp3) is 0.614. The maximum Gasteiger partial charge on any atom is 0.326 e. The smallest absolute Gasteiger partial charge is 0.326 e. The number of carboxylic acids is 1. The first-order chi connectivity index (χ1) is 33.4. The zero-order chi connectivity index (χ0) is 51.3. The van der Waals surface area contributed by atoms with Gasteiger partial charge in [0.15, 0.2) is 11.9 Å². The predicted molar refractivity (Wildman–Crippen MR) is 253 cm³/mol. The molecule has 26 heteroatoms. The summed E-state index contributed by atoms with van der Waals surface area (Å²) in [6, 6.07) is 1.08. The molecular weight excluding hydrogens is 915 g/mol. The molecule has 8 amide bonds. The summed E-state index contributed by atoms with van der Waals surface area (Å²) < 4.78 is 0. The molecule has 70 heavy (non-hydrogen) atoms. The Balaban J connectivity index is 1.24. The summed E-state index contributed by atoms with van der Waals surface area (Å²) in [5, 5.41) is 32.6. The number of benzene rings is 1. The Bertz CT molecular complexity index is 2070. The fourth-order valence-electron chi connectivity index (χ4n) is 8.62. The molecule has 7 atom stereocenters. The standard InChI is InChI=1S/C44H69N15O11/c45-27(11-4-17-51-43(46)47)39(66)59-22-8-15-33(59)41(68)58-21-6-13-31(58)37(64)53-24-35(62)50-19-16-34(61)54-30(25-60)40(67)57-20-7-14-32(57)38(65)56-29(23-26-9-2-1-3-10-26)36(63)55-28(42(69)70)12-5-18-52-44(48)49/h1-3,9-10,27-33,60H,4-8,11-25,45H2,(H,50,62)(H,53,64)(H,54,61)(H,55,63)(H,56,65)(H,69,70)(H4,46,47,51)(H4,48,49,52)/t27-,28-,29-,30-,31-,32-,33-/m0/s1. The third kappa shape index (κ3) is 16.8. The van der Waals surface area contributed by atoms with E-state index in [1.165, 1.54) is 14.7 Å². The Morgan fingerprint density at radius 3 is 1.83 bits per heavy atom. The van der Waals surface area contributed by atoms with Gasteiger partial charge in [0.05, 0.1) is 19.2 Å². The molecule has 17 N–H and O–H groups in total. The van der Waals surface area contributed by atoms with Crippen molar-refractivity contribution < 1.29 is 53.4 Å². The van der Waals surface area contributed by atoms with E-state index in [4.69, 9.17) is 28.7 Å². The fourth-order valence-corrected chi connectivity index (χ4v) is 8.62. The van der Waals surface area contributed by atoms with E-state index in [1.54, 1.807) is 30.3 Å². The van der Waals surface area contributed by atoms with Crippen LogP contribution in [-0.4, -0.2) is 185 Å². The van der Waals surface area contributed by atoms with E-state index in [0.29, 0.717) is 70.1 Å². The van der Waals surface area contributed by atoms with Crippen molar-refractivity contribution in [3.63, 3.8) is 0 Å². The second kappa shape index (κ2) is 27.8. The van der Waals surface area contributed by atoms with Gasteiger partial charge in [-0.25, -0.2) is 4.79 Å². The maximum atomic E-state index is 13.8. The number of aliphatic carboxylic acids is 1. The summed E-state index contributed by atoms with van der Waals surface area (Å²) in [6.45, 7) is -0.319. The summed E-state index contributed by atoms with van der Waals surface area (Å²) in [5.74, 6) is -6.42. The molecule has 4 rings (SSSR count). The van der Waals surface area contributed by atoms with Crippen LogP contribution in [-0.2, 0) is 49.6 Å². The summed E-state index contributed by atoms with van der Waals surface area (Å²) >= 11 is 0. The second-order valence-electron chi connectivity index (χ2n) is 17.3. The van der Waals surface area contributed by atoms with Gasteiger partial charge in [0, 0.05) is 52.1 Å². The number of rotatable bonds is 26. The molecule has 3 saturated heterocycles. The quantitative estimate of drug-likeness (QED) is 0.0235. The molecule has 0 saturated carbocycles. The van der Waals surface area contributed by atoms with Crippen molar-refractivity contribution in [3.05, 3.63) is 35.9 Å². The van der Waals surface area contributed by atoms with Crippen LogP contribution in [0.3, 0.4) is 0 Å². The molecule has 3 aliphatic heterocycles. The van der Waals surface area contributed by atoms with Crippen molar-refractivity contribution in [2.45, 2.75) is 119 Å². The minimum atomic E-state index is -1.46. The van der Waals surface area contributed by atoms with Crippen LogP contribution >= 0.6 is 0 Å². The van der Waals surface area contributed by atoms with Gasteiger partial charge in [0.2, 0.25) is 47.3 Å². The number of aliphatic imine (C=N–C) groups is 2. The summed E-state index contributed by atoms with van der Waals surface area (Å²) in [6.07, 6.45) is 3.16. The van der Waals surface area contributed by atoms with E-state index in [1.807, 2.05) is 0 Å². The summed E-state index contributed by atoms with van der Waals surface area (Å²) in [5.41, 5.74) is 28.2. The van der Waals surface area contributed by atoms with Gasteiger partial charge in [-0.1, -0.05) is 30.3 Å². The average molecular weight is 984 g/mol. The van der Waals surface area contributed by atoms with Gasteiger partial charge < -0.3 is 80.2 Å². The van der Waals surface area contributed by atoms with Gasteiger partial charge >= 0.3 is 5.97 Å². The predicted octanol–water partition coefficient (Wildman–Crippen LogP) is -5.21. The van der Waals surface area contributed by atoms with Crippen LogP contribution in [0, 0.1) is 0 Å². The van der Waals surface area contributed by atoms with Crippen molar-refractivity contribution in [2.24, 2.45) is 38.7 Å². The number of nitrogens with one attached hydrogen (secondary N) is 5. The number of hydrogen-bond donors (Lipinski definition) is 12. The Hall–Kier alpha value is -7.09. The van der Waals surface area contributed by atoms with Crippen LogP contribution in [0.25, 0.3) is 0 Å². The number of carboxylic acid groups (broad SMARTS) is 1. The van der Waals surface area contributed by atoms with Crippen LogP contribution < -0.4 is 55.3 Å². The Kier molecular flexibility index (Phi) is 22.0. The van der Waals surface area contributed by atoms with Gasteiger partial charge in [-0.05, 0) is 69.8 Å². The summed E-state index contributed by atoms with van der Waals surface area (Å²) in [7, 11) is 0. The lowest BCUT2D eigenvalue weighted by molar-refractivity contribution is -0.147. The third-order valence-corrected chi connectivity index (χ3v) is 12.2. The first-order valence-corrected chi connectivity index (χ1v) is 23.5. The number of amides is 8. The van der Waals surface area contributed by atoms with E-state index >= 15 is 0 Å². The Morgan fingerprint density at radius 2 is 1.23 bits per heavy atom. The highest BCUT2D eigenvalue weighted by atomic mass is 16.4. The lowest BCUT2D eigenvalue weighted by Crippen LogP contribution is -2.58. The van der Waals surface area contributed by atoms with E-state index in [0.717, 1.165) is 0 Å². The molecule has 3 fully saturated rings. The van der Waals surface area contributed by atoms with Crippen molar-refractivity contribution in [1.29, 1.82) is 0 Å². The first-order valence-electron chi connectivity index (χ1n) is 23.5. The Labute approximate surface area is 405 Å². The van der Waals surface area contributed by atoms with E-state index in [9.17, 15) is 53.4 Å². The van der Waals surface area contributed by atoms with Crippen LogP contribution in [0.1, 0.15) is 76.2 Å². The monoisotopic (exact) mass is 984 g/mol. The third-order valence-electron chi connectivity index (χ3n) is 12.2. The number of nitrogens with zero attached hydrogens (tertiary/aromatic N) is 5. The van der Waals surface area contributed by atoms with Crippen LogP contribution in [0.2, 0.25) is 0 Å². The minimum Gasteiger partial charge on any atom is -0.480 e. The lowest BCUT2D eigenvalue weighted by atomic mass is 10.0. The molecule has 1 aromatic carbocycles. The Morgan fingerprint density at radius 1 is 0.657 bits per heavy atom. The number of hydrogen-bond acceptors (Lipinski definition) is 13. The van der Waals surface area contributed by atoms with Crippen molar-refractivity contribution >= 4 is 65.1 Å². The maximum absolute atomic E-state index is 13.8. The average Bonchev–Trinajstić information content (AvgIpc) is 4.14. The lowest BCUT2D eigenvalue weighted by Gasteiger charge is -2.32. The molecule has 0 spiro atoms. The zero-order valence-corrected chi connectivity index (χ0v) is 39.3. The molecule has 26 nitrogen and oxygen atoms in total. The molecule has 0 aromatic heterocycles. The topological polar surface area (TPSA) is 419 Å². The highest BCUT2D eigenvalue weighted by Gasteiger charge is 2.43. The van der Waals surface area contributed by atoms with Gasteiger partial charge in [0.25, 0.3) is 0 Å². The molecule has 0 unspecified atom stereocenters. The van der Waals surface area contributed by atoms with E-state index in [-0.39, 0.29) is 75.5 Å². The largest absolute Gasteiger partial charge is 0.480 e. The summed E-state index contributed by atoms with van der Waals surface area (Å²) in [4.78, 5) is 131. The van der Waals surface area contributed by atoms with E-state index in [2.05, 4.69) is 36.6 Å². The number of aliphatic hydroxyl groups excluding tert-OH is 1. The number of carbonyl (C=O) groups excluding carboxylic acids is 8. The molecule has 0 aliphatic carbocycles. The van der Waals surface area contributed by atoms with Gasteiger partial charge in [-0.15, -0.1) is 0 Å². The highest BCUT2D eigenvalue weighted by Crippen LogP contribution is 2.26. The van der Waals surface area contributed by atoms with Crippen LogP contribution in [0.15, 0.2) is 40.3 Å². The zero-order valence-electron chi connectivity index (χ0n) is 39.3. The highest BCUT2D eigenvalue weighted by molar-refractivity contribution is 5.97. The minimum absolute atomic E-state index is 0.00665. The van der Waals surface area contributed by atoms with Crippen molar-refractivity contribution in [1.82, 2.24) is 41.3 Å². The molecular formula is C44H69N15O11. The van der Waals surface area contributed by atoms with Crippen LogP contribution in [0.4, 0.5) is 0 Å². The van der Waals surface area contributed by atoms with Crippen molar-refractivity contribution in [2.75, 3.05) is 52.4 Å². The number of aliphatic hydroxyl groups is 1. The number of nitrogens with two attached hydrogens (primary N) is 5. The van der Waals surface area contributed by atoms with Crippen LogP contribution in [0.5, 0.6) is 0 Å². The van der Waals surface area contributed by atoms with Gasteiger partial charge in [0.1, 0.15) is 36.3 Å². The first kappa shape index (κ1) is 55.5. The molecule has 3 aliphatic rings. The number of likely N-dealkylation sites (tertiary alicyclic amines) is 3. The van der Waals surface area contributed by atoms with E-state index < -0.39 is 96.9 Å². The molecule has 1 aromatic rings. The normalized spacial score (nSPS) is 19.2. The molecule has 0 radical (unpaired) electrons. The van der Waals surface area contributed by atoms with Gasteiger partial charge in [-0.3, -0.25) is 48.3 Å². The molecule has 3 heterocycles. The van der Waals surface area contributed by atoms with Gasteiger partial charge in [-0.2, -0.15) is 0 Å². The second-order valence-corrected chi connectivity index (χ2v) is 17.3. The SMILES string of the molecule is NC(N)=NCCC[C@H](NC(=O)[C@H](Cc1ccccc1)NC(=O)[C@@H]1CCCN1C(=O)[C@H](CO)NC(=O)CCNC(=O)CNC(=O)[C@@H]1CCCN1C(=O)[C@@H]1CCCN1C(=O)[C@@H](N)CCCN=C(N)N)C(=O)O. The number of carbonyl (C=O) groups is 9. The number of guanidine groups is 2. The van der Waals surface area contributed by atoms with Crippen molar-refractivity contribution in [3.8, 4) is 0 Å². The molecule has 0 bridgehead atoms.